The number of aryl methyl sites for hydroxylation is 1. The Morgan fingerprint density at radius 3 is 2.27 bits per heavy atom. The molecule has 40 heavy (non-hydrogen) atoms. The number of hydrogen-bond acceptors (Lipinski definition) is 5. The van der Waals surface area contributed by atoms with Crippen LogP contribution in [0.2, 0.25) is 0 Å². The van der Waals surface area contributed by atoms with Gasteiger partial charge in [-0.2, -0.15) is 0 Å². The van der Waals surface area contributed by atoms with Crippen molar-refractivity contribution in [1.82, 2.24) is 10.2 Å². The predicted octanol–water partition coefficient (Wildman–Crippen LogP) is 4.33. The zero-order valence-corrected chi connectivity index (χ0v) is 24.5. The maximum atomic E-state index is 13.8. The summed E-state index contributed by atoms with van der Waals surface area (Å²) in [6.07, 6.45) is 1.89. The van der Waals surface area contributed by atoms with Crippen molar-refractivity contribution in [3.63, 3.8) is 0 Å². The van der Waals surface area contributed by atoms with E-state index in [2.05, 4.69) is 5.32 Å². The number of carbonyl (C=O) groups excluding carboxylic acids is 2. The summed E-state index contributed by atoms with van der Waals surface area (Å²) < 4.78 is 32.0. The van der Waals surface area contributed by atoms with E-state index in [4.69, 9.17) is 4.74 Å². The van der Waals surface area contributed by atoms with Crippen molar-refractivity contribution < 1.29 is 22.7 Å². The molecule has 0 fully saturated rings. The summed E-state index contributed by atoms with van der Waals surface area (Å²) in [7, 11) is -1.98. The Bertz CT molecular complexity index is 1380. The molecule has 1 N–H and O–H groups in total. The molecule has 0 aliphatic carbocycles. The molecule has 3 rings (SSSR count). The number of amides is 2. The van der Waals surface area contributed by atoms with E-state index >= 15 is 0 Å². The van der Waals surface area contributed by atoms with Gasteiger partial charge in [-0.05, 0) is 55.2 Å². The number of benzene rings is 3. The highest BCUT2D eigenvalue weighted by atomic mass is 32.2. The van der Waals surface area contributed by atoms with E-state index < -0.39 is 16.1 Å². The van der Waals surface area contributed by atoms with Gasteiger partial charge < -0.3 is 15.0 Å². The number of ether oxygens (including phenoxy) is 1. The van der Waals surface area contributed by atoms with Gasteiger partial charge in [-0.3, -0.25) is 13.9 Å². The number of likely N-dealkylation sites (N-methyl/N-ethyl adjacent to an activating group) is 1. The van der Waals surface area contributed by atoms with Crippen molar-refractivity contribution in [3.05, 3.63) is 95.6 Å². The number of nitrogens with one attached hydrogen (secondary N) is 1. The van der Waals surface area contributed by atoms with Crippen LogP contribution in [0.15, 0.2) is 78.9 Å². The third kappa shape index (κ3) is 8.58. The average molecular weight is 566 g/mol. The molecule has 0 radical (unpaired) electrons. The molecule has 0 aromatic heterocycles. The highest BCUT2D eigenvalue weighted by molar-refractivity contribution is 7.92. The first-order valence-corrected chi connectivity index (χ1v) is 15.3. The van der Waals surface area contributed by atoms with Gasteiger partial charge >= 0.3 is 0 Å². The summed E-state index contributed by atoms with van der Waals surface area (Å²) in [4.78, 5) is 28.8. The van der Waals surface area contributed by atoms with Crippen LogP contribution in [0.1, 0.15) is 36.5 Å². The summed E-state index contributed by atoms with van der Waals surface area (Å²) in [6.45, 7) is 4.49. The molecule has 3 aromatic rings. The highest BCUT2D eigenvalue weighted by Crippen LogP contribution is 2.24. The van der Waals surface area contributed by atoms with Gasteiger partial charge in [0.25, 0.3) is 0 Å². The number of methoxy groups -OCH3 is 1. The number of para-hydroxylation sites is 1. The van der Waals surface area contributed by atoms with Gasteiger partial charge in [-0.15, -0.1) is 0 Å². The summed E-state index contributed by atoms with van der Waals surface area (Å²) in [6, 6.07) is 23.5. The molecule has 0 spiro atoms. The Hall–Kier alpha value is -3.85. The van der Waals surface area contributed by atoms with E-state index in [1.165, 1.54) is 10.6 Å². The lowest BCUT2D eigenvalue weighted by Gasteiger charge is -2.32. The largest absolute Gasteiger partial charge is 0.497 e. The van der Waals surface area contributed by atoms with Crippen LogP contribution in [0.5, 0.6) is 5.75 Å². The number of anilines is 1. The smallest absolute Gasteiger partial charge is 0.243 e. The highest BCUT2D eigenvalue weighted by Gasteiger charge is 2.30. The lowest BCUT2D eigenvalue weighted by molar-refractivity contribution is -0.141. The molecular weight excluding hydrogens is 526 g/mol. The van der Waals surface area contributed by atoms with Crippen LogP contribution in [0.3, 0.4) is 0 Å². The second-order valence-electron chi connectivity index (χ2n) is 9.70. The van der Waals surface area contributed by atoms with Gasteiger partial charge in [0, 0.05) is 32.5 Å². The molecule has 214 valence electrons. The lowest BCUT2D eigenvalue weighted by Crippen LogP contribution is -2.50. The molecule has 0 aliphatic rings. The molecule has 0 saturated carbocycles. The second kappa shape index (κ2) is 14.5. The van der Waals surface area contributed by atoms with Gasteiger partial charge in [0.05, 0.1) is 19.1 Å². The Kier molecular flexibility index (Phi) is 11.1. The summed E-state index contributed by atoms with van der Waals surface area (Å²) in [5.74, 6) is 0.193. The van der Waals surface area contributed by atoms with Crippen molar-refractivity contribution >= 4 is 27.5 Å². The zero-order chi connectivity index (χ0) is 29.1. The number of nitrogens with zero attached hydrogens (tertiary/aromatic N) is 2. The van der Waals surface area contributed by atoms with Crippen molar-refractivity contribution in [3.8, 4) is 5.75 Å². The number of hydrogen-bond donors (Lipinski definition) is 1. The van der Waals surface area contributed by atoms with Crippen LogP contribution >= 0.6 is 0 Å². The van der Waals surface area contributed by atoms with Crippen molar-refractivity contribution in [2.24, 2.45) is 0 Å². The Morgan fingerprint density at radius 1 is 0.950 bits per heavy atom. The van der Waals surface area contributed by atoms with Crippen molar-refractivity contribution in [2.75, 3.05) is 30.8 Å². The fourth-order valence-electron chi connectivity index (χ4n) is 4.64. The summed E-state index contributed by atoms with van der Waals surface area (Å²) >= 11 is 0. The first kappa shape index (κ1) is 30.7. The third-order valence-electron chi connectivity index (χ3n) is 6.65. The quantitative estimate of drug-likeness (QED) is 0.314. The zero-order valence-electron chi connectivity index (χ0n) is 23.7. The fraction of sp³-hybridized carbons (Fsp3) is 0.355. The summed E-state index contributed by atoms with van der Waals surface area (Å²) in [5.41, 5.74) is 3.19. The van der Waals surface area contributed by atoms with Crippen LogP contribution in [0.4, 0.5) is 5.69 Å². The van der Waals surface area contributed by atoms with Crippen LogP contribution in [-0.4, -0.2) is 57.6 Å². The van der Waals surface area contributed by atoms with Gasteiger partial charge in [-0.25, -0.2) is 8.42 Å². The molecule has 3 aromatic carbocycles. The van der Waals surface area contributed by atoms with E-state index in [0.29, 0.717) is 30.8 Å². The first-order chi connectivity index (χ1) is 19.1. The monoisotopic (exact) mass is 565 g/mol. The SMILES string of the molecule is CCNC(=O)[C@@H](Cc1ccccc1)N(Cc1cccc(OC)c1)C(=O)CCCN(c1ccccc1C)S(C)(=O)=O. The van der Waals surface area contributed by atoms with Crippen LogP contribution in [0.25, 0.3) is 0 Å². The maximum Gasteiger partial charge on any atom is 0.243 e. The van der Waals surface area contributed by atoms with Crippen LogP contribution < -0.4 is 14.4 Å². The average Bonchev–Trinajstić information content (AvgIpc) is 2.93. The molecule has 0 unspecified atom stereocenters. The molecule has 0 saturated heterocycles. The van der Waals surface area contributed by atoms with Crippen LogP contribution in [-0.2, 0) is 32.6 Å². The van der Waals surface area contributed by atoms with E-state index in [9.17, 15) is 18.0 Å². The Morgan fingerprint density at radius 2 is 1.62 bits per heavy atom. The summed E-state index contributed by atoms with van der Waals surface area (Å²) in [5, 5.41) is 2.89. The third-order valence-corrected chi connectivity index (χ3v) is 7.83. The molecular formula is C31H39N3O5S. The Balaban J connectivity index is 1.88. The molecule has 0 bridgehead atoms. The number of sulfonamides is 1. The van der Waals surface area contributed by atoms with E-state index in [1.54, 1.807) is 24.1 Å². The lowest BCUT2D eigenvalue weighted by atomic mass is 10.0. The minimum absolute atomic E-state index is 0.0760. The molecule has 9 heteroatoms. The molecule has 0 aliphatic heterocycles. The van der Waals surface area contributed by atoms with Gasteiger partial charge in [0.1, 0.15) is 11.8 Å². The van der Waals surface area contributed by atoms with E-state index in [1.807, 2.05) is 80.6 Å². The van der Waals surface area contributed by atoms with Gasteiger partial charge in [-0.1, -0.05) is 60.7 Å². The molecule has 8 nitrogen and oxygen atoms in total. The van der Waals surface area contributed by atoms with Crippen molar-refractivity contribution in [2.45, 2.75) is 45.7 Å². The van der Waals surface area contributed by atoms with E-state index in [-0.39, 0.29) is 31.3 Å². The Labute approximate surface area is 238 Å². The fourth-order valence-corrected chi connectivity index (χ4v) is 5.66. The van der Waals surface area contributed by atoms with Crippen LogP contribution in [0, 0.1) is 6.92 Å². The van der Waals surface area contributed by atoms with Gasteiger partial charge in [0.15, 0.2) is 0 Å². The number of carbonyl (C=O) groups is 2. The topological polar surface area (TPSA) is 96.0 Å². The van der Waals surface area contributed by atoms with Crippen molar-refractivity contribution in [1.29, 1.82) is 0 Å². The predicted molar refractivity (Wildman–Crippen MR) is 159 cm³/mol. The second-order valence-corrected chi connectivity index (χ2v) is 11.6. The normalized spacial score (nSPS) is 11.9. The van der Waals surface area contributed by atoms with Gasteiger partial charge in [0.2, 0.25) is 21.8 Å². The molecule has 0 heterocycles. The molecule has 2 amide bonds. The molecule has 1 atom stereocenters. The maximum absolute atomic E-state index is 13.8. The van der Waals surface area contributed by atoms with E-state index in [0.717, 1.165) is 16.7 Å². The standard InChI is InChI=1S/C31H39N3O5S/c1-5-32-31(36)29(22-25-14-7-6-8-15-25)33(23-26-16-11-17-27(21-26)39-3)30(35)19-12-20-34(40(4,37)38)28-18-10-9-13-24(28)2/h6-11,13-18,21,29H,5,12,19-20,22-23H2,1-4H3,(H,32,36)/t29-/m1/s1. The number of rotatable bonds is 14. The minimum atomic E-state index is -3.56. The minimum Gasteiger partial charge on any atom is -0.497 e. The first-order valence-electron chi connectivity index (χ1n) is 13.4.